The van der Waals surface area contributed by atoms with Crippen LogP contribution in [0, 0.1) is 5.92 Å². The Kier molecular flexibility index (Phi) is 27.6. The van der Waals surface area contributed by atoms with Gasteiger partial charge in [0, 0.05) is 6.42 Å². The summed E-state index contributed by atoms with van der Waals surface area (Å²) < 4.78 is 4.72. The zero-order valence-electron chi connectivity index (χ0n) is 24.9. The Morgan fingerprint density at radius 2 is 1.17 bits per heavy atom. The molecule has 0 rings (SSSR count). The lowest BCUT2D eigenvalue weighted by Crippen LogP contribution is -2.17. The van der Waals surface area contributed by atoms with Gasteiger partial charge in [-0.2, -0.15) is 0 Å². The largest absolute Gasteiger partial charge is 0.469 e. The fourth-order valence-electron chi connectivity index (χ4n) is 4.81. The van der Waals surface area contributed by atoms with Crippen molar-refractivity contribution < 1.29 is 9.53 Å². The van der Waals surface area contributed by atoms with Crippen LogP contribution in [0.15, 0.2) is 24.3 Å². The number of hydrogen-bond donors (Lipinski definition) is 0. The Labute approximate surface area is 226 Å². The van der Waals surface area contributed by atoms with Crippen LogP contribution in [-0.4, -0.2) is 38.6 Å². The minimum Gasteiger partial charge on any atom is -0.469 e. The highest BCUT2D eigenvalue weighted by atomic mass is 16.5. The minimum atomic E-state index is -0.0668. The molecule has 0 aromatic rings. The van der Waals surface area contributed by atoms with Gasteiger partial charge in [-0.1, -0.05) is 121 Å². The van der Waals surface area contributed by atoms with Gasteiger partial charge in [0.1, 0.15) is 0 Å². The molecule has 0 amide bonds. The summed E-state index contributed by atoms with van der Waals surface area (Å²) in [7, 11) is 5.87. The molecule has 0 radical (unpaired) electrons. The number of nitrogens with zero attached hydrogens (tertiary/aromatic N) is 1. The van der Waals surface area contributed by atoms with Gasteiger partial charge in [0.25, 0.3) is 0 Å². The fraction of sp³-hybridized carbons (Fsp3) is 0.848. The van der Waals surface area contributed by atoms with Gasteiger partial charge in [-0.15, -0.1) is 0 Å². The molecule has 0 fully saturated rings. The van der Waals surface area contributed by atoms with E-state index in [1.54, 1.807) is 0 Å². The fourth-order valence-corrected chi connectivity index (χ4v) is 4.81. The quantitative estimate of drug-likeness (QED) is 0.0631. The number of ether oxygens (including phenoxy) is 1. The molecular weight excluding hydrogens is 442 g/mol. The van der Waals surface area contributed by atoms with E-state index in [1.807, 2.05) is 0 Å². The number of allylic oxidation sites excluding steroid dienone is 4. The maximum Gasteiger partial charge on any atom is 0.305 e. The second-order valence-electron chi connectivity index (χ2n) is 11.1. The summed E-state index contributed by atoms with van der Waals surface area (Å²) >= 11 is 0. The predicted molar refractivity (Wildman–Crippen MR) is 160 cm³/mol. The van der Waals surface area contributed by atoms with Gasteiger partial charge in [0.2, 0.25) is 0 Å². The van der Waals surface area contributed by atoms with Crippen molar-refractivity contribution in [1.29, 1.82) is 0 Å². The van der Waals surface area contributed by atoms with Crippen molar-refractivity contribution in [3.63, 3.8) is 0 Å². The SMILES string of the molecule is CCCCC/C=C\C/C=C\CCCCCCCCCC(CCCCCCCC(=O)OC)CCN(C)C. The van der Waals surface area contributed by atoms with Crippen LogP contribution in [0.5, 0.6) is 0 Å². The molecule has 0 heterocycles. The van der Waals surface area contributed by atoms with E-state index < -0.39 is 0 Å². The van der Waals surface area contributed by atoms with Gasteiger partial charge < -0.3 is 9.64 Å². The molecule has 0 N–H and O–H groups in total. The lowest BCUT2D eigenvalue weighted by molar-refractivity contribution is -0.140. The van der Waals surface area contributed by atoms with Crippen LogP contribution in [0.4, 0.5) is 0 Å². The second kappa shape index (κ2) is 28.5. The van der Waals surface area contributed by atoms with Gasteiger partial charge in [0.05, 0.1) is 7.11 Å². The first kappa shape index (κ1) is 34.9. The van der Waals surface area contributed by atoms with E-state index in [-0.39, 0.29) is 5.97 Å². The smallest absolute Gasteiger partial charge is 0.305 e. The predicted octanol–water partition coefficient (Wildman–Crippen LogP) is 10.1. The molecule has 0 aliphatic carbocycles. The summed E-state index contributed by atoms with van der Waals surface area (Å²) in [6.45, 7) is 3.48. The Morgan fingerprint density at radius 3 is 1.69 bits per heavy atom. The van der Waals surface area contributed by atoms with Crippen molar-refractivity contribution in [3.8, 4) is 0 Å². The summed E-state index contributed by atoms with van der Waals surface area (Å²) in [5.41, 5.74) is 0. The average molecular weight is 506 g/mol. The van der Waals surface area contributed by atoms with Gasteiger partial charge in [-0.05, 0) is 71.5 Å². The van der Waals surface area contributed by atoms with Crippen LogP contribution in [0.3, 0.4) is 0 Å². The summed E-state index contributed by atoms with van der Waals surface area (Å²) in [5, 5.41) is 0. The molecule has 0 aliphatic heterocycles. The Hall–Kier alpha value is -1.09. The van der Waals surface area contributed by atoms with Crippen LogP contribution >= 0.6 is 0 Å². The van der Waals surface area contributed by atoms with E-state index in [0.717, 1.165) is 25.2 Å². The number of methoxy groups -OCH3 is 1. The lowest BCUT2D eigenvalue weighted by Gasteiger charge is -2.19. The molecule has 0 saturated heterocycles. The van der Waals surface area contributed by atoms with E-state index in [4.69, 9.17) is 4.74 Å². The highest BCUT2D eigenvalue weighted by Crippen LogP contribution is 2.22. The van der Waals surface area contributed by atoms with Crippen molar-refractivity contribution in [2.24, 2.45) is 5.92 Å². The molecule has 36 heavy (non-hydrogen) atoms. The van der Waals surface area contributed by atoms with Crippen molar-refractivity contribution in [2.75, 3.05) is 27.7 Å². The Morgan fingerprint density at radius 1 is 0.667 bits per heavy atom. The Bertz CT molecular complexity index is 512. The zero-order valence-corrected chi connectivity index (χ0v) is 24.9. The molecule has 0 saturated carbocycles. The Balaban J connectivity index is 3.67. The van der Waals surface area contributed by atoms with Gasteiger partial charge in [0.15, 0.2) is 0 Å². The molecule has 0 aliphatic rings. The average Bonchev–Trinajstić information content (AvgIpc) is 2.87. The number of carbonyl (C=O) groups excluding carboxylic acids is 1. The topological polar surface area (TPSA) is 29.5 Å². The molecule has 3 heteroatoms. The maximum atomic E-state index is 11.2. The highest BCUT2D eigenvalue weighted by molar-refractivity contribution is 5.68. The van der Waals surface area contributed by atoms with Gasteiger partial charge in [-0.3, -0.25) is 4.79 Å². The lowest BCUT2D eigenvalue weighted by atomic mass is 9.91. The van der Waals surface area contributed by atoms with Crippen LogP contribution in [-0.2, 0) is 9.53 Å². The first-order valence-corrected chi connectivity index (χ1v) is 15.6. The molecule has 1 unspecified atom stereocenters. The molecule has 212 valence electrons. The van der Waals surface area contributed by atoms with E-state index >= 15 is 0 Å². The standard InChI is InChI=1S/C33H63NO2/c1-5-6-7-8-9-10-11-12-13-14-15-16-17-18-19-21-24-27-32(30-31-34(2)3)28-25-22-20-23-26-29-33(35)36-4/h9-10,12-13,32H,5-8,11,14-31H2,1-4H3/b10-9-,13-12-. The van der Waals surface area contributed by atoms with E-state index in [0.29, 0.717) is 6.42 Å². The normalized spacial score (nSPS) is 12.8. The summed E-state index contributed by atoms with van der Waals surface area (Å²) in [4.78, 5) is 13.5. The number of esters is 1. The number of carbonyl (C=O) groups is 1. The molecule has 0 bridgehead atoms. The van der Waals surface area contributed by atoms with Crippen molar-refractivity contribution in [2.45, 2.75) is 148 Å². The van der Waals surface area contributed by atoms with Crippen LogP contribution in [0.25, 0.3) is 0 Å². The third kappa shape index (κ3) is 27.5. The number of unbranched alkanes of at least 4 members (excludes halogenated alkanes) is 14. The molecule has 3 nitrogen and oxygen atoms in total. The van der Waals surface area contributed by atoms with E-state index in [2.05, 4.69) is 50.2 Å². The molecular formula is C33H63NO2. The highest BCUT2D eigenvalue weighted by Gasteiger charge is 2.09. The van der Waals surface area contributed by atoms with Crippen LogP contribution < -0.4 is 0 Å². The second-order valence-corrected chi connectivity index (χ2v) is 11.1. The first-order valence-electron chi connectivity index (χ1n) is 15.6. The van der Waals surface area contributed by atoms with Gasteiger partial charge >= 0.3 is 5.97 Å². The third-order valence-electron chi connectivity index (χ3n) is 7.27. The summed E-state index contributed by atoms with van der Waals surface area (Å²) in [6.07, 6.45) is 37.6. The first-order chi connectivity index (χ1) is 17.6. The van der Waals surface area contributed by atoms with E-state index in [9.17, 15) is 4.79 Å². The minimum absolute atomic E-state index is 0.0668. The van der Waals surface area contributed by atoms with Crippen molar-refractivity contribution >= 4 is 5.97 Å². The third-order valence-corrected chi connectivity index (χ3v) is 7.27. The van der Waals surface area contributed by atoms with E-state index in [1.165, 1.54) is 129 Å². The van der Waals surface area contributed by atoms with Crippen LogP contribution in [0.1, 0.15) is 148 Å². The van der Waals surface area contributed by atoms with Crippen molar-refractivity contribution in [3.05, 3.63) is 24.3 Å². The molecule has 0 aromatic heterocycles. The van der Waals surface area contributed by atoms with Crippen molar-refractivity contribution in [1.82, 2.24) is 4.90 Å². The zero-order chi connectivity index (χ0) is 26.5. The number of rotatable bonds is 27. The molecule has 0 spiro atoms. The molecule has 1 atom stereocenters. The van der Waals surface area contributed by atoms with Crippen LogP contribution in [0.2, 0.25) is 0 Å². The summed E-state index contributed by atoms with van der Waals surface area (Å²) in [6, 6.07) is 0. The maximum absolute atomic E-state index is 11.2. The van der Waals surface area contributed by atoms with Gasteiger partial charge in [-0.25, -0.2) is 0 Å². The molecule has 0 aromatic carbocycles. The number of hydrogen-bond acceptors (Lipinski definition) is 3. The monoisotopic (exact) mass is 505 g/mol. The summed E-state index contributed by atoms with van der Waals surface area (Å²) in [5.74, 6) is 0.822.